The highest BCUT2D eigenvalue weighted by Crippen LogP contribution is 2.13. The third-order valence-electron chi connectivity index (χ3n) is 2.98. The maximum absolute atomic E-state index is 12.1. The smallest absolute Gasteiger partial charge is 0.240 e. The van der Waals surface area contributed by atoms with Crippen LogP contribution in [0, 0.1) is 6.92 Å². The molecule has 0 aromatic heterocycles. The quantitative estimate of drug-likeness (QED) is 0.885. The van der Waals surface area contributed by atoms with Gasteiger partial charge in [-0.15, -0.1) is 0 Å². The lowest BCUT2D eigenvalue weighted by atomic mass is 10.1. The first-order valence-corrected chi connectivity index (χ1v) is 7.77. The summed E-state index contributed by atoms with van der Waals surface area (Å²) in [5.41, 5.74) is 1.67. The molecule has 0 saturated heterocycles. The molecule has 0 unspecified atom stereocenters. The molecule has 0 aliphatic carbocycles. The number of sulfonamides is 1. The molecule has 2 N–H and O–H groups in total. The van der Waals surface area contributed by atoms with Crippen molar-refractivity contribution in [2.24, 2.45) is 0 Å². The highest BCUT2D eigenvalue weighted by atomic mass is 32.2. The van der Waals surface area contributed by atoms with Crippen LogP contribution >= 0.6 is 0 Å². The fourth-order valence-corrected chi connectivity index (χ4v) is 2.82. The number of rotatable bonds is 5. The molecule has 0 heterocycles. The molecular weight excluding hydrogens is 274 g/mol. The Bertz CT molecular complexity index is 651. The van der Waals surface area contributed by atoms with E-state index in [4.69, 9.17) is 0 Å². The molecule has 0 aliphatic rings. The summed E-state index contributed by atoms with van der Waals surface area (Å²) in [5.74, 6) is 0. The van der Waals surface area contributed by atoms with Crippen LogP contribution in [0.15, 0.2) is 59.5 Å². The summed E-state index contributed by atoms with van der Waals surface area (Å²) in [6.45, 7) is 1.84. The van der Waals surface area contributed by atoms with Gasteiger partial charge >= 0.3 is 0 Å². The second kappa shape index (κ2) is 6.17. The monoisotopic (exact) mass is 291 g/mol. The van der Waals surface area contributed by atoms with Crippen molar-refractivity contribution in [3.05, 3.63) is 65.7 Å². The fraction of sp³-hybridized carbons (Fsp3) is 0.200. The number of aliphatic hydroxyl groups is 1. The number of benzene rings is 2. The van der Waals surface area contributed by atoms with Crippen LogP contribution in [-0.2, 0) is 10.0 Å². The van der Waals surface area contributed by atoms with Crippen molar-refractivity contribution in [2.45, 2.75) is 17.9 Å². The molecule has 106 valence electrons. The van der Waals surface area contributed by atoms with E-state index in [0.29, 0.717) is 5.56 Å². The van der Waals surface area contributed by atoms with E-state index in [1.54, 1.807) is 48.5 Å². The normalized spacial score (nSPS) is 13.1. The Morgan fingerprint density at radius 3 is 2.25 bits per heavy atom. The number of aliphatic hydroxyl groups excluding tert-OH is 1. The standard InChI is InChI=1S/C15H17NO3S/c1-12-7-9-14(10-8-12)20(18,19)16-11-15(17)13-5-3-2-4-6-13/h2-10,15-17H,11H2,1H3/t15-/m1/s1. The second-order valence-corrected chi connectivity index (χ2v) is 6.36. The first kappa shape index (κ1) is 14.7. The van der Waals surface area contributed by atoms with Crippen molar-refractivity contribution in [3.8, 4) is 0 Å². The molecule has 4 nitrogen and oxygen atoms in total. The Hall–Kier alpha value is -1.69. The predicted octanol–water partition coefficient (Wildman–Crippen LogP) is 2.01. The molecule has 2 aromatic carbocycles. The summed E-state index contributed by atoms with van der Waals surface area (Å²) < 4.78 is 26.5. The summed E-state index contributed by atoms with van der Waals surface area (Å²) >= 11 is 0. The van der Waals surface area contributed by atoms with Crippen LogP contribution in [0.2, 0.25) is 0 Å². The van der Waals surface area contributed by atoms with Crippen molar-refractivity contribution in [3.63, 3.8) is 0 Å². The Balaban J connectivity index is 2.04. The van der Waals surface area contributed by atoms with E-state index in [0.717, 1.165) is 5.56 Å². The van der Waals surface area contributed by atoms with E-state index in [2.05, 4.69) is 4.72 Å². The molecule has 2 rings (SSSR count). The number of aryl methyl sites for hydroxylation is 1. The van der Waals surface area contributed by atoms with Crippen LogP contribution in [0.5, 0.6) is 0 Å². The van der Waals surface area contributed by atoms with Gasteiger partial charge in [0.1, 0.15) is 0 Å². The van der Waals surface area contributed by atoms with Gasteiger partial charge < -0.3 is 5.11 Å². The predicted molar refractivity (Wildman–Crippen MR) is 77.8 cm³/mol. The molecule has 2 aromatic rings. The maximum atomic E-state index is 12.1. The zero-order valence-corrected chi connectivity index (χ0v) is 12.0. The molecule has 20 heavy (non-hydrogen) atoms. The first-order chi connectivity index (χ1) is 9.49. The Labute approximate surface area is 119 Å². The van der Waals surface area contributed by atoms with Gasteiger partial charge in [-0.2, -0.15) is 0 Å². The van der Waals surface area contributed by atoms with Crippen LogP contribution in [0.4, 0.5) is 0 Å². The molecule has 0 bridgehead atoms. The molecule has 0 amide bonds. The zero-order valence-electron chi connectivity index (χ0n) is 11.2. The molecule has 5 heteroatoms. The average molecular weight is 291 g/mol. The highest BCUT2D eigenvalue weighted by molar-refractivity contribution is 7.89. The van der Waals surface area contributed by atoms with E-state index in [1.165, 1.54) is 0 Å². The van der Waals surface area contributed by atoms with E-state index in [1.807, 2.05) is 13.0 Å². The van der Waals surface area contributed by atoms with Crippen molar-refractivity contribution in [2.75, 3.05) is 6.54 Å². The summed E-state index contributed by atoms with van der Waals surface area (Å²) in [6, 6.07) is 15.5. The van der Waals surface area contributed by atoms with Crippen molar-refractivity contribution in [1.82, 2.24) is 4.72 Å². The van der Waals surface area contributed by atoms with Gasteiger partial charge in [0, 0.05) is 6.54 Å². The summed E-state index contributed by atoms with van der Waals surface area (Å²) in [6.07, 6.45) is -0.864. The maximum Gasteiger partial charge on any atom is 0.240 e. The molecular formula is C15H17NO3S. The Kier molecular flexibility index (Phi) is 4.54. The van der Waals surface area contributed by atoms with Crippen LogP contribution < -0.4 is 4.72 Å². The van der Waals surface area contributed by atoms with Gasteiger partial charge in [0.05, 0.1) is 11.0 Å². The van der Waals surface area contributed by atoms with Crippen LogP contribution in [-0.4, -0.2) is 20.1 Å². The van der Waals surface area contributed by atoms with Gasteiger partial charge in [-0.3, -0.25) is 0 Å². The van der Waals surface area contributed by atoms with Gasteiger partial charge in [-0.25, -0.2) is 13.1 Å². The molecule has 1 atom stereocenters. The first-order valence-electron chi connectivity index (χ1n) is 6.28. The van der Waals surface area contributed by atoms with Crippen LogP contribution in [0.1, 0.15) is 17.2 Å². The van der Waals surface area contributed by atoms with Gasteiger partial charge in [-0.05, 0) is 24.6 Å². The third-order valence-corrected chi connectivity index (χ3v) is 4.42. The van der Waals surface area contributed by atoms with Crippen molar-refractivity contribution in [1.29, 1.82) is 0 Å². The minimum atomic E-state index is -3.59. The molecule has 0 aliphatic heterocycles. The summed E-state index contributed by atoms with van der Waals surface area (Å²) in [5, 5.41) is 9.95. The van der Waals surface area contributed by atoms with E-state index >= 15 is 0 Å². The third kappa shape index (κ3) is 3.66. The van der Waals surface area contributed by atoms with Crippen molar-refractivity contribution < 1.29 is 13.5 Å². The van der Waals surface area contributed by atoms with Gasteiger partial charge in [0.15, 0.2) is 0 Å². The van der Waals surface area contributed by atoms with Crippen molar-refractivity contribution >= 4 is 10.0 Å². The average Bonchev–Trinajstić information content (AvgIpc) is 2.46. The second-order valence-electron chi connectivity index (χ2n) is 4.59. The lowest BCUT2D eigenvalue weighted by Crippen LogP contribution is -2.28. The minimum absolute atomic E-state index is 0.0553. The molecule has 0 radical (unpaired) electrons. The van der Waals surface area contributed by atoms with Gasteiger partial charge in [-0.1, -0.05) is 48.0 Å². The largest absolute Gasteiger partial charge is 0.387 e. The molecule has 0 spiro atoms. The number of nitrogens with one attached hydrogen (secondary N) is 1. The molecule has 0 saturated carbocycles. The summed E-state index contributed by atoms with van der Waals surface area (Å²) in [7, 11) is -3.59. The lowest BCUT2D eigenvalue weighted by Gasteiger charge is -2.12. The SMILES string of the molecule is Cc1ccc(S(=O)(=O)NC[C@@H](O)c2ccccc2)cc1. The van der Waals surface area contributed by atoms with Gasteiger partial charge in [0.2, 0.25) is 10.0 Å². The highest BCUT2D eigenvalue weighted by Gasteiger charge is 2.16. The van der Waals surface area contributed by atoms with E-state index in [-0.39, 0.29) is 11.4 Å². The Morgan fingerprint density at radius 1 is 1.05 bits per heavy atom. The topological polar surface area (TPSA) is 66.4 Å². The fourth-order valence-electron chi connectivity index (χ4n) is 1.78. The lowest BCUT2D eigenvalue weighted by molar-refractivity contribution is 0.182. The van der Waals surface area contributed by atoms with E-state index < -0.39 is 16.1 Å². The van der Waals surface area contributed by atoms with E-state index in [9.17, 15) is 13.5 Å². The summed E-state index contributed by atoms with van der Waals surface area (Å²) in [4.78, 5) is 0.198. The number of hydrogen-bond acceptors (Lipinski definition) is 3. The molecule has 0 fully saturated rings. The minimum Gasteiger partial charge on any atom is -0.387 e. The number of hydrogen-bond donors (Lipinski definition) is 2. The van der Waals surface area contributed by atoms with Crippen LogP contribution in [0.3, 0.4) is 0 Å². The zero-order chi connectivity index (χ0) is 14.6. The van der Waals surface area contributed by atoms with Crippen LogP contribution in [0.25, 0.3) is 0 Å². The van der Waals surface area contributed by atoms with Gasteiger partial charge in [0.25, 0.3) is 0 Å². The Morgan fingerprint density at radius 2 is 1.65 bits per heavy atom.